The maximum atomic E-state index is 11.4. The van der Waals surface area contributed by atoms with E-state index in [1.807, 2.05) is 5.38 Å². The van der Waals surface area contributed by atoms with E-state index in [0.717, 1.165) is 10.8 Å². The summed E-state index contributed by atoms with van der Waals surface area (Å²) >= 11 is 1.47. The molecular formula is C12H19N3O3S. The summed E-state index contributed by atoms with van der Waals surface area (Å²) in [5.41, 5.74) is 0.858. The Balaban J connectivity index is 2.30. The van der Waals surface area contributed by atoms with Gasteiger partial charge in [-0.1, -0.05) is 0 Å². The van der Waals surface area contributed by atoms with Gasteiger partial charge in [0.25, 0.3) is 0 Å². The molecule has 106 valence electrons. The largest absolute Gasteiger partial charge is 0.469 e. The molecule has 0 aromatic carbocycles. The standard InChI is InChI=1S/C12H19N3O3S/c1-15(2)10(16)6-7-13-12-14-9(8-19-12)4-5-11(17)18-3/h8H,4-7H2,1-3H3,(H,13,14). The van der Waals surface area contributed by atoms with E-state index < -0.39 is 0 Å². The van der Waals surface area contributed by atoms with Gasteiger partial charge in [-0.25, -0.2) is 4.98 Å². The molecule has 0 bridgehead atoms. The monoisotopic (exact) mass is 285 g/mol. The Kier molecular flexibility index (Phi) is 6.27. The van der Waals surface area contributed by atoms with Crippen molar-refractivity contribution < 1.29 is 14.3 Å². The SMILES string of the molecule is COC(=O)CCc1csc(NCCC(=O)N(C)C)n1. The van der Waals surface area contributed by atoms with Crippen LogP contribution in [0.25, 0.3) is 0 Å². The summed E-state index contributed by atoms with van der Waals surface area (Å²) in [6.45, 7) is 0.557. The van der Waals surface area contributed by atoms with Crippen molar-refractivity contribution in [2.45, 2.75) is 19.3 Å². The summed E-state index contributed by atoms with van der Waals surface area (Å²) in [5, 5.41) is 5.77. The fourth-order valence-corrected chi connectivity index (χ4v) is 2.11. The summed E-state index contributed by atoms with van der Waals surface area (Å²) in [5.74, 6) is -0.158. The zero-order valence-corrected chi connectivity index (χ0v) is 12.2. The summed E-state index contributed by atoms with van der Waals surface area (Å²) < 4.78 is 4.57. The van der Waals surface area contributed by atoms with Crippen LogP contribution in [0, 0.1) is 0 Å². The van der Waals surface area contributed by atoms with Gasteiger partial charge in [-0.2, -0.15) is 0 Å². The van der Waals surface area contributed by atoms with Gasteiger partial charge in [0.05, 0.1) is 19.2 Å². The number of nitrogens with one attached hydrogen (secondary N) is 1. The van der Waals surface area contributed by atoms with Crippen molar-refractivity contribution in [2.24, 2.45) is 0 Å². The van der Waals surface area contributed by atoms with Crippen LogP contribution in [-0.4, -0.2) is 49.5 Å². The molecule has 7 heteroatoms. The highest BCUT2D eigenvalue weighted by atomic mass is 32.1. The van der Waals surface area contributed by atoms with E-state index in [2.05, 4.69) is 15.0 Å². The zero-order valence-electron chi connectivity index (χ0n) is 11.4. The van der Waals surface area contributed by atoms with Crippen LogP contribution in [0.1, 0.15) is 18.5 Å². The Morgan fingerprint density at radius 3 is 2.79 bits per heavy atom. The minimum absolute atomic E-state index is 0.0787. The fraction of sp³-hybridized carbons (Fsp3) is 0.583. The second-order valence-corrected chi connectivity index (χ2v) is 5.04. The maximum Gasteiger partial charge on any atom is 0.305 e. The van der Waals surface area contributed by atoms with Crippen LogP contribution < -0.4 is 5.32 Å². The molecule has 1 amide bonds. The number of carbonyl (C=O) groups is 2. The number of amides is 1. The number of aromatic nitrogens is 1. The van der Waals surface area contributed by atoms with Gasteiger partial charge < -0.3 is 15.0 Å². The predicted molar refractivity (Wildman–Crippen MR) is 74.3 cm³/mol. The lowest BCUT2D eigenvalue weighted by molar-refractivity contribution is -0.140. The van der Waals surface area contributed by atoms with Crippen LogP contribution in [0.15, 0.2) is 5.38 Å². The van der Waals surface area contributed by atoms with E-state index in [1.54, 1.807) is 19.0 Å². The topological polar surface area (TPSA) is 71.5 Å². The number of ether oxygens (including phenoxy) is 1. The van der Waals surface area contributed by atoms with E-state index in [0.29, 0.717) is 25.8 Å². The molecule has 0 radical (unpaired) electrons. The van der Waals surface area contributed by atoms with Crippen LogP contribution in [0.5, 0.6) is 0 Å². The highest BCUT2D eigenvalue weighted by Gasteiger charge is 2.07. The van der Waals surface area contributed by atoms with Gasteiger partial charge in [-0.15, -0.1) is 11.3 Å². The second-order valence-electron chi connectivity index (χ2n) is 4.19. The number of carbonyl (C=O) groups excluding carboxylic acids is 2. The first-order valence-electron chi connectivity index (χ1n) is 5.98. The molecule has 19 heavy (non-hydrogen) atoms. The van der Waals surface area contributed by atoms with Gasteiger partial charge in [0.2, 0.25) is 5.91 Å². The number of anilines is 1. The average Bonchev–Trinajstić information content (AvgIpc) is 2.83. The smallest absolute Gasteiger partial charge is 0.305 e. The third-order valence-electron chi connectivity index (χ3n) is 2.48. The Morgan fingerprint density at radius 1 is 1.42 bits per heavy atom. The lowest BCUT2D eigenvalue weighted by Crippen LogP contribution is -2.23. The van der Waals surface area contributed by atoms with Crippen molar-refractivity contribution in [3.05, 3.63) is 11.1 Å². The maximum absolute atomic E-state index is 11.4. The fourth-order valence-electron chi connectivity index (χ4n) is 1.34. The number of thiazole rings is 1. The van der Waals surface area contributed by atoms with Crippen molar-refractivity contribution in [1.29, 1.82) is 0 Å². The Labute approximate surface area is 116 Å². The van der Waals surface area contributed by atoms with Crippen molar-refractivity contribution in [1.82, 2.24) is 9.88 Å². The number of hydrogen-bond acceptors (Lipinski definition) is 6. The lowest BCUT2D eigenvalue weighted by Gasteiger charge is -2.09. The molecular weight excluding hydrogens is 266 g/mol. The number of hydrogen-bond donors (Lipinski definition) is 1. The van der Waals surface area contributed by atoms with Gasteiger partial charge in [-0.3, -0.25) is 9.59 Å². The molecule has 0 aliphatic rings. The van der Waals surface area contributed by atoms with Crippen LogP contribution in [-0.2, 0) is 20.7 Å². The molecule has 1 aromatic rings. The highest BCUT2D eigenvalue weighted by Crippen LogP contribution is 2.16. The van der Waals surface area contributed by atoms with Crippen LogP contribution in [0.2, 0.25) is 0 Å². The molecule has 0 spiro atoms. The molecule has 1 aromatic heterocycles. The van der Waals surface area contributed by atoms with Crippen LogP contribution in [0.4, 0.5) is 5.13 Å². The Hall–Kier alpha value is -1.63. The van der Waals surface area contributed by atoms with Crippen molar-refractivity contribution in [2.75, 3.05) is 33.1 Å². The van der Waals surface area contributed by atoms with Crippen molar-refractivity contribution in [3.63, 3.8) is 0 Å². The average molecular weight is 285 g/mol. The predicted octanol–water partition coefficient (Wildman–Crippen LogP) is 1.14. The molecule has 1 heterocycles. The minimum Gasteiger partial charge on any atom is -0.469 e. The highest BCUT2D eigenvalue weighted by molar-refractivity contribution is 7.13. The van der Waals surface area contributed by atoms with Gasteiger partial charge in [0.15, 0.2) is 5.13 Å². The number of rotatable bonds is 7. The molecule has 0 saturated heterocycles. The third-order valence-corrected chi connectivity index (χ3v) is 3.33. The first-order valence-corrected chi connectivity index (χ1v) is 6.86. The molecule has 1 N–H and O–H groups in total. The quantitative estimate of drug-likeness (QED) is 0.761. The third kappa shape index (κ3) is 5.69. The molecule has 0 saturated carbocycles. The first-order chi connectivity index (χ1) is 9.02. The van der Waals surface area contributed by atoms with Gasteiger partial charge in [-0.05, 0) is 0 Å². The van der Waals surface area contributed by atoms with Gasteiger partial charge in [0.1, 0.15) is 0 Å². The molecule has 0 aliphatic heterocycles. The van der Waals surface area contributed by atoms with Crippen LogP contribution >= 0.6 is 11.3 Å². The molecule has 0 fully saturated rings. The Bertz CT molecular complexity index is 432. The number of aryl methyl sites for hydroxylation is 1. The number of esters is 1. The van der Waals surface area contributed by atoms with E-state index in [9.17, 15) is 9.59 Å². The van der Waals surface area contributed by atoms with E-state index in [-0.39, 0.29) is 11.9 Å². The number of methoxy groups -OCH3 is 1. The van der Waals surface area contributed by atoms with Crippen molar-refractivity contribution in [3.8, 4) is 0 Å². The normalized spacial score (nSPS) is 10.1. The molecule has 0 aliphatic carbocycles. The van der Waals surface area contributed by atoms with Crippen LogP contribution in [0.3, 0.4) is 0 Å². The van der Waals surface area contributed by atoms with Crippen molar-refractivity contribution >= 4 is 28.3 Å². The first kappa shape index (κ1) is 15.4. The summed E-state index contributed by atoms with van der Waals surface area (Å²) in [4.78, 5) is 28.3. The van der Waals surface area contributed by atoms with Gasteiger partial charge in [0, 0.05) is 38.9 Å². The lowest BCUT2D eigenvalue weighted by atomic mass is 10.2. The molecule has 0 unspecified atom stereocenters. The van der Waals surface area contributed by atoms with Gasteiger partial charge >= 0.3 is 5.97 Å². The second kappa shape index (κ2) is 7.73. The zero-order chi connectivity index (χ0) is 14.3. The summed E-state index contributed by atoms with van der Waals surface area (Å²) in [7, 11) is 4.84. The minimum atomic E-state index is -0.237. The Morgan fingerprint density at radius 2 is 2.16 bits per heavy atom. The van der Waals surface area contributed by atoms with E-state index in [4.69, 9.17) is 0 Å². The molecule has 6 nitrogen and oxygen atoms in total. The number of nitrogens with zero attached hydrogens (tertiary/aromatic N) is 2. The van der Waals surface area contributed by atoms with E-state index in [1.165, 1.54) is 18.4 Å². The molecule has 1 rings (SSSR count). The summed E-state index contributed by atoms with van der Waals surface area (Å²) in [6.07, 6.45) is 1.34. The summed E-state index contributed by atoms with van der Waals surface area (Å²) in [6, 6.07) is 0. The van der Waals surface area contributed by atoms with E-state index >= 15 is 0 Å². The molecule has 0 atom stereocenters.